The van der Waals surface area contributed by atoms with Crippen molar-refractivity contribution in [2.24, 2.45) is 11.1 Å². The van der Waals surface area contributed by atoms with Gasteiger partial charge in [-0.1, -0.05) is 49.7 Å². The van der Waals surface area contributed by atoms with E-state index in [4.69, 9.17) is 10.5 Å². The molecule has 2 heterocycles. The zero-order valence-electron chi connectivity index (χ0n) is 20.4. The van der Waals surface area contributed by atoms with Crippen molar-refractivity contribution in [2.45, 2.75) is 46.0 Å². The summed E-state index contributed by atoms with van der Waals surface area (Å²) < 4.78 is 5.45. The largest absolute Gasteiger partial charge is 0.462 e. The number of fused-ring (bicyclic) bond motifs is 3. The van der Waals surface area contributed by atoms with E-state index in [1.807, 2.05) is 63.2 Å². The van der Waals surface area contributed by atoms with Gasteiger partial charge in [-0.3, -0.25) is 14.5 Å². The topological polar surface area (TPSA) is 102 Å². The van der Waals surface area contributed by atoms with Crippen molar-refractivity contribution in [2.75, 3.05) is 16.8 Å². The molecule has 0 saturated heterocycles. The highest BCUT2D eigenvalue weighted by atomic mass is 16.5. The fourth-order valence-electron chi connectivity index (χ4n) is 5.72. The zero-order chi connectivity index (χ0) is 25.1. The molecule has 0 saturated carbocycles. The Morgan fingerprint density at radius 3 is 2.51 bits per heavy atom. The SMILES string of the molecule is CCOC(=O)C1=C(N)N(c2ccccc2)C2=C(C(=O)CC(C)(C)C2)C12C(=O)Nc1ccc(C)cc12. The molecule has 1 spiro atoms. The van der Waals surface area contributed by atoms with Gasteiger partial charge in [-0.15, -0.1) is 0 Å². The Morgan fingerprint density at radius 2 is 1.83 bits per heavy atom. The number of nitrogens with zero attached hydrogens (tertiary/aromatic N) is 1. The molecule has 0 aromatic heterocycles. The molecule has 2 aliphatic heterocycles. The number of hydrogen-bond donors (Lipinski definition) is 2. The van der Waals surface area contributed by atoms with Gasteiger partial charge >= 0.3 is 5.97 Å². The van der Waals surface area contributed by atoms with Crippen LogP contribution in [0.5, 0.6) is 0 Å². The number of amides is 1. The van der Waals surface area contributed by atoms with Crippen LogP contribution in [-0.2, 0) is 24.5 Å². The first-order valence-electron chi connectivity index (χ1n) is 11.8. The Balaban J connectivity index is 1.93. The lowest BCUT2D eigenvalue weighted by molar-refractivity contribution is -0.140. The summed E-state index contributed by atoms with van der Waals surface area (Å²) in [5, 5.41) is 2.92. The normalized spacial score (nSPS) is 22.8. The first-order chi connectivity index (χ1) is 16.6. The molecule has 0 bridgehead atoms. The molecule has 3 N–H and O–H groups in total. The number of benzene rings is 2. The fourth-order valence-corrected chi connectivity index (χ4v) is 5.72. The van der Waals surface area contributed by atoms with Crippen molar-refractivity contribution >= 4 is 29.0 Å². The number of Topliss-reactive ketones (excluding diaryl/α,β-unsaturated/α-hetero) is 1. The van der Waals surface area contributed by atoms with Gasteiger partial charge in [-0.05, 0) is 43.9 Å². The molecular formula is C28H29N3O4. The maximum absolute atomic E-state index is 14.0. The number of allylic oxidation sites excluding steroid dienone is 1. The van der Waals surface area contributed by atoms with Crippen LogP contribution in [0.3, 0.4) is 0 Å². The average Bonchev–Trinajstić information content (AvgIpc) is 3.05. The van der Waals surface area contributed by atoms with Gasteiger partial charge in [-0.25, -0.2) is 4.79 Å². The number of nitrogens with one attached hydrogen (secondary N) is 1. The highest BCUT2D eigenvalue weighted by Crippen LogP contribution is 2.57. The standard InChI is InChI=1S/C28H29N3O4/c1-5-35-25(33)23-24(29)31(17-9-7-6-8-10-17)20-14-27(3,4)15-21(32)22(20)28(23)18-13-16(2)11-12-19(18)30-26(28)34/h6-13H,5,14-15,29H2,1-4H3,(H,30,34). The zero-order valence-corrected chi connectivity index (χ0v) is 20.4. The van der Waals surface area contributed by atoms with Crippen LogP contribution in [0.2, 0.25) is 0 Å². The lowest BCUT2D eigenvalue weighted by Gasteiger charge is -2.47. The molecule has 3 aliphatic rings. The number of carbonyl (C=O) groups excluding carboxylic acids is 3. The maximum atomic E-state index is 14.0. The maximum Gasteiger partial charge on any atom is 0.339 e. The lowest BCUT2D eigenvalue weighted by atomic mass is 9.60. The molecule has 2 aromatic carbocycles. The van der Waals surface area contributed by atoms with Gasteiger partial charge in [0.15, 0.2) is 5.78 Å². The lowest BCUT2D eigenvalue weighted by Crippen LogP contribution is -2.54. The summed E-state index contributed by atoms with van der Waals surface area (Å²) in [4.78, 5) is 43.3. The van der Waals surface area contributed by atoms with E-state index in [0.717, 1.165) is 5.56 Å². The number of nitrogens with two attached hydrogens (primary N) is 1. The van der Waals surface area contributed by atoms with Gasteiger partial charge in [0.05, 0.1) is 6.61 Å². The molecule has 0 radical (unpaired) electrons. The molecule has 5 rings (SSSR count). The summed E-state index contributed by atoms with van der Waals surface area (Å²) in [6.45, 7) is 7.77. The predicted molar refractivity (Wildman–Crippen MR) is 133 cm³/mol. The van der Waals surface area contributed by atoms with Gasteiger partial charge in [0, 0.05) is 34.6 Å². The Kier molecular flexibility index (Phi) is 5.13. The molecule has 7 heteroatoms. The highest BCUT2D eigenvalue weighted by Gasteiger charge is 2.63. The van der Waals surface area contributed by atoms with Crippen LogP contribution < -0.4 is 16.0 Å². The number of aryl methyl sites for hydroxylation is 1. The van der Waals surface area contributed by atoms with E-state index in [9.17, 15) is 14.4 Å². The van der Waals surface area contributed by atoms with E-state index < -0.39 is 17.3 Å². The van der Waals surface area contributed by atoms with Gasteiger partial charge in [-0.2, -0.15) is 0 Å². The Morgan fingerprint density at radius 1 is 1.11 bits per heavy atom. The van der Waals surface area contributed by atoms with E-state index >= 15 is 0 Å². The molecule has 180 valence electrons. The second-order valence-corrected chi connectivity index (χ2v) is 10.2. The molecule has 0 fully saturated rings. The monoisotopic (exact) mass is 471 g/mol. The van der Waals surface area contributed by atoms with Crippen LogP contribution >= 0.6 is 0 Å². The Hall–Kier alpha value is -3.87. The first kappa shape index (κ1) is 22.9. The van der Waals surface area contributed by atoms with Crippen LogP contribution in [0, 0.1) is 12.3 Å². The van der Waals surface area contributed by atoms with Crippen molar-refractivity contribution < 1.29 is 19.1 Å². The van der Waals surface area contributed by atoms with E-state index in [0.29, 0.717) is 34.6 Å². The minimum atomic E-state index is -1.67. The first-order valence-corrected chi connectivity index (χ1v) is 11.8. The van der Waals surface area contributed by atoms with E-state index in [-0.39, 0.29) is 35.6 Å². The number of hydrogen-bond acceptors (Lipinski definition) is 6. The number of anilines is 2. The van der Waals surface area contributed by atoms with Crippen LogP contribution in [0.1, 0.15) is 44.7 Å². The molecule has 1 aliphatic carbocycles. The molecular weight excluding hydrogens is 442 g/mol. The summed E-state index contributed by atoms with van der Waals surface area (Å²) in [5.41, 5.74) is 8.46. The van der Waals surface area contributed by atoms with Gasteiger partial charge in [0.1, 0.15) is 16.8 Å². The summed E-state index contributed by atoms with van der Waals surface area (Å²) in [7, 11) is 0. The third-order valence-electron chi connectivity index (χ3n) is 7.03. The van der Waals surface area contributed by atoms with Crippen molar-refractivity contribution in [3.05, 3.63) is 82.3 Å². The summed E-state index contributed by atoms with van der Waals surface area (Å²) >= 11 is 0. The quantitative estimate of drug-likeness (QED) is 0.654. The van der Waals surface area contributed by atoms with Crippen LogP contribution in [-0.4, -0.2) is 24.3 Å². The van der Waals surface area contributed by atoms with Gasteiger partial charge in [0.25, 0.3) is 0 Å². The van der Waals surface area contributed by atoms with Crippen molar-refractivity contribution in [1.82, 2.24) is 0 Å². The Labute approximate surface area is 204 Å². The summed E-state index contributed by atoms with van der Waals surface area (Å²) in [6.07, 6.45) is 0.761. The molecule has 1 amide bonds. The molecule has 1 atom stereocenters. The minimum absolute atomic E-state index is 0.0168. The third-order valence-corrected chi connectivity index (χ3v) is 7.03. The second kappa shape index (κ2) is 7.83. The smallest absolute Gasteiger partial charge is 0.339 e. The predicted octanol–water partition coefficient (Wildman–Crippen LogP) is 4.08. The molecule has 35 heavy (non-hydrogen) atoms. The minimum Gasteiger partial charge on any atom is -0.462 e. The van der Waals surface area contributed by atoms with Crippen LogP contribution in [0.4, 0.5) is 11.4 Å². The third kappa shape index (κ3) is 3.21. The second-order valence-electron chi connectivity index (χ2n) is 10.2. The fraction of sp³-hybridized carbons (Fsp3) is 0.321. The van der Waals surface area contributed by atoms with Crippen molar-refractivity contribution in [3.63, 3.8) is 0 Å². The summed E-state index contributed by atoms with van der Waals surface area (Å²) in [5.74, 6) is -1.24. The number of rotatable bonds is 3. The number of para-hydroxylation sites is 1. The van der Waals surface area contributed by atoms with E-state index in [1.165, 1.54) is 0 Å². The van der Waals surface area contributed by atoms with Gasteiger partial charge < -0.3 is 15.8 Å². The van der Waals surface area contributed by atoms with Crippen LogP contribution in [0.15, 0.2) is 71.2 Å². The average molecular weight is 472 g/mol. The summed E-state index contributed by atoms with van der Waals surface area (Å²) in [6, 6.07) is 14.9. The van der Waals surface area contributed by atoms with E-state index in [2.05, 4.69) is 5.32 Å². The molecule has 7 nitrogen and oxygen atoms in total. The van der Waals surface area contributed by atoms with Crippen molar-refractivity contribution in [1.29, 1.82) is 0 Å². The van der Waals surface area contributed by atoms with Gasteiger partial charge in [0.2, 0.25) is 5.91 Å². The van der Waals surface area contributed by atoms with E-state index in [1.54, 1.807) is 17.9 Å². The Bertz CT molecular complexity index is 1340. The number of ketones is 1. The number of carbonyl (C=O) groups is 3. The molecule has 2 aromatic rings. The van der Waals surface area contributed by atoms with Crippen molar-refractivity contribution in [3.8, 4) is 0 Å². The number of esters is 1. The highest BCUT2D eigenvalue weighted by molar-refractivity contribution is 6.23. The van der Waals surface area contributed by atoms with Crippen LogP contribution in [0.25, 0.3) is 0 Å². The number of ether oxygens (including phenoxy) is 1. The molecule has 1 unspecified atom stereocenters.